The van der Waals surface area contributed by atoms with Crippen LogP contribution in [0.5, 0.6) is 0 Å². The molecule has 0 unspecified atom stereocenters. The normalized spacial score (nSPS) is 43.7. The van der Waals surface area contributed by atoms with Gasteiger partial charge in [0.1, 0.15) is 0 Å². The Hall–Kier alpha value is -0.0800. The van der Waals surface area contributed by atoms with Gasteiger partial charge in [-0.1, -0.05) is 0 Å². The molecule has 0 N–H and O–H groups in total. The SMILES string of the molecule is CN1[C@@H]2CC[C@H]1COC2. The first kappa shape index (κ1) is 5.69. The van der Waals surface area contributed by atoms with E-state index in [1.54, 1.807) is 0 Å². The zero-order chi connectivity index (χ0) is 6.27. The van der Waals surface area contributed by atoms with E-state index in [0.29, 0.717) is 0 Å². The summed E-state index contributed by atoms with van der Waals surface area (Å²) in [4.78, 5) is 2.46. The third kappa shape index (κ3) is 0.775. The summed E-state index contributed by atoms with van der Waals surface area (Å²) in [7, 11) is 2.21. The Morgan fingerprint density at radius 1 is 1.22 bits per heavy atom. The number of hydrogen-bond acceptors (Lipinski definition) is 2. The van der Waals surface area contributed by atoms with E-state index in [1.165, 1.54) is 12.8 Å². The van der Waals surface area contributed by atoms with E-state index in [-0.39, 0.29) is 0 Å². The van der Waals surface area contributed by atoms with Gasteiger partial charge in [0, 0.05) is 12.1 Å². The van der Waals surface area contributed by atoms with Crippen molar-refractivity contribution in [2.24, 2.45) is 0 Å². The molecule has 2 aliphatic heterocycles. The second-order valence-electron chi connectivity index (χ2n) is 3.09. The summed E-state index contributed by atoms with van der Waals surface area (Å²) in [5.74, 6) is 0. The van der Waals surface area contributed by atoms with E-state index in [2.05, 4.69) is 11.9 Å². The first-order chi connectivity index (χ1) is 4.38. The molecule has 0 spiro atoms. The van der Waals surface area contributed by atoms with Crippen LogP contribution in [0.25, 0.3) is 0 Å². The number of hydrogen-bond donors (Lipinski definition) is 0. The van der Waals surface area contributed by atoms with Crippen LogP contribution in [-0.4, -0.2) is 37.2 Å². The molecule has 0 radical (unpaired) electrons. The van der Waals surface area contributed by atoms with Gasteiger partial charge in [0.15, 0.2) is 0 Å². The van der Waals surface area contributed by atoms with Crippen LogP contribution >= 0.6 is 0 Å². The molecular weight excluding hydrogens is 114 g/mol. The quantitative estimate of drug-likeness (QED) is 0.469. The Morgan fingerprint density at radius 3 is 2.22 bits per heavy atom. The van der Waals surface area contributed by atoms with E-state index in [0.717, 1.165) is 25.3 Å². The van der Waals surface area contributed by atoms with Gasteiger partial charge in [0.25, 0.3) is 0 Å². The molecule has 2 aliphatic rings. The lowest BCUT2D eigenvalue weighted by Gasteiger charge is -2.30. The van der Waals surface area contributed by atoms with Crippen molar-refractivity contribution in [1.82, 2.24) is 4.90 Å². The van der Waals surface area contributed by atoms with Crippen LogP contribution in [0.3, 0.4) is 0 Å². The average Bonchev–Trinajstić information content (AvgIpc) is 2.19. The highest BCUT2D eigenvalue weighted by Gasteiger charge is 2.33. The number of fused-ring (bicyclic) bond motifs is 2. The topological polar surface area (TPSA) is 12.5 Å². The first-order valence-electron chi connectivity index (χ1n) is 3.67. The van der Waals surface area contributed by atoms with Crippen LogP contribution in [0.4, 0.5) is 0 Å². The highest BCUT2D eigenvalue weighted by atomic mass is 16.5. The molecule has 0 saturated carbocycles. The van der Waals surface area contributed by atoms with Crippen LogP contribution in [0.1, 0.15) is 12.8 Å². The first-order valence-corrected chi connectivity index (χ1v) is 3.67. The molecule has 0 aliphatic carbocycles. The highest BCUT2D eigenvalue weighted by Crippen LogP contribution is 2.26. The van der Waals surface area contributed by atoms with E-state index < -0.39 is 0 Å². The summed E-state index contributed by atoms with van der Waals surface area (Å²) in [6, 6.07) is 1.48. The molecule has 0 amide bonds. The van der Waals surface area contributed by atoms with Gasteiger partial charge in [-0.15, -0.1) is 0 Å². The van der Waals surface area contributed by atoms with Crippen molar-refractivity contribution in [3.05, 3.63) is 0 Å². The van der Waals surface area contributed by atoms with E-state index in [1.807, 2.05) is 0 Å². The van der Waals surface area contributed by atoms with Crippen molar-refractivity contribution in [3.63, 3.8) is 0 Å². The lowest BCUT2D eigenvalue weighted by Crippen LogP contribution is -2.42. The van der Waals surface area contributed by atoms with Crippen LogP contribution in [0.2, 0.25) is 0 Å². The molecule has 2 heteroatoms. The lowest BCUT2D eigenvalue weighted by molar-refractivity contribution is -0.000705. The predicted octanol–water partition coefficient (Wildman–Crippen LogP) is 0.479. The fourth-order valence-corrected chi connectivity index (χ4v) is 1.83. The highest BCUT2D eigenvalue weighted by molar-refractivity contribution is 4.88. The number of ether oxygens (including phenoxy) is 1. The Balaban J connectivity index is 2.10. The maximum absolute atomic E-state index is 5.39. The zero-order valence-corrected chi connectivity index (χ0v) is 5.84. The van der Waals surface area contributed by atoms with E-state index in [4.69, 9.17) is 4.74 Å². The standard InChI is InChI=1S/C7H13NO/c1-8-6-2-3-7(8)5-9-4-6/h6-7H,2-5H2,1H3/t6-,7+. The fourth-order valence-electron chi connectivity index (χ4n) is 1.83. The minimum absolute atomic E-state index is 0.740. The summed E-state index contributed by atoms with van der Waals surface area (Å²) in [5.41, 5.74) is 0. The Bertz CT molecular complexity index is 99.5. The van der Waals surface area contributed by atoms with Gasteiger partial charge < -0.3 is 4.74 Å². The van der Waals surface area contributed by atoms with E-state index in [9.17, 15) is 0 Å². The van der Waals surface area contributed by atoms with Gasteiger partial charge in [0.05, 0.1) is 13.2 Å². The van der Waals surface area contributed by atoms with Crippen molar-refractivity contribution >= 4 is 0 Å². The fraction of sp³-hybridized carbons (Fsp3) is 1.00. The van der Waals surface area contributed by atoms with Crippen LogP contribution in [-0.2, 0) is 4.74 Å². The van der Waals surface area contributed by atoms with Gasteiger partial charge in [-0.2, -0.15) is 0 Å². The largest absolute Gasteiger partial charge is 0.378 e. The second kappa shape index (κ2) is 1.96. The van der Waals surface area contributed by atoms with Crippen molar-refractivity contribution in [1.29, 1.82) is 0 Å². The molecule has 9 heavy (non-hydrogen) atoms. The second-order valence-corrected chi connectivity index (χ2v) is 3.09. The summed E-state index contributed by atoms with van der Waals surface area (Å²) in [6.07, 6.45) is 2.70. The maximum Gasteiger partial charge on any atom is 0.0622 e. The van der Waals surface area contributed by atoms with Crippen LogP contribution in [0, 0.1) is 0 Å². The van der Waals surface area contributed by atoms with Crippen LogP contribution in [0.15, 0.2) is 0 Å². The predicted molar refractivity (Wildman–Crippen MR) is 35.4 cm³/mol. The third-order valence-electron chi connectivity index (χ3n) is 2.61. The molecule has 0 aromatic carbocycles. The summed E-state index contributed by atoms with van der Waals surface area (Å²) in [5, 5.41) is 0. The zero-order valence-electron chi connectivity index (χ0n) is 5.84. The Labute approximate surface area is 55.8 Å². The molecule has 2 bridgehead atoms. The number of rotatable bonds is 0. The van der Waals surface area contributed by atoms with Gasteiger partial charge in [-0.05, 0) is 19.9 Å². The molecule has 2 fully saturated rings. The Kier molecular flexibility index (Phi) is 1.24. The van der Waals surface area contributed by atoms with Gasteiger partial charge >= 0.3 is 0 Å². The third-order valence-corrected chi connectivity index (χ3v) is 2.61. The van der Waals surface area contributed by atoms with Crippen LogP contribution < -0.4 is 0 Å². The van der Waals surface area contributed by atoms with Crippen molar-refractivity contribution in [2.45, 2.75) is 24.9 Å². The molecule has 2 heterocycles. The molecular formula is C7H13NO. The molecule has 2 saturated heterocycles. The Morgan fingerprint density at radius 2 is 1.78 bits per heavy atom. The lowest BCUT2D eigenvalue weighted by atomic mass is 10.2. The number of nitrogens with zero attached hydrogens (tertiary/aromatic N) is 1. The summed E-state index contributed by atoms with van der Waals surface area (Å²) >= 11 is 0. The number of likely N-dealkylation sites (N-methyl/N-ethyl adjacent to an activating group) is 1. The minimum atomic E-state index is 0.740. The minimum Gasteiger partial charge on any atom is -0.378 e. The molecule has 52 valence electrons. The maximum atomic E-state index is 5.39. The van der Waals surface area contributed by atoms with Gasteiger partial charge in [-0.25, -0.2) is 0 Å². The van der Waals surface area contributed by atoms with Crippen molar-refractivity contribution < 1.29 is 4.74 Å². The van der Waals surface area contributed by atoms with Gasteiger partial charge in [-0.3, -0.25) is 4.90 Å². The monoisotopic (exact) mass is 127 g/mol. The molecule has 0 aromatic heterocycles. The van der Waals surface area contributed by atoms with Gasteiger partial charge in [0.2, 0.25) is 0 Å². The smallest absolute Gasteiger partial charge is 0.0622 e. The van der Waals surface area contributed by atoms with Crippen molar-refractivity contribution in [2.75, 3.05) is 20.3 Å². The molecule has 2 nitrogen and oxygen atoms in total. The van der Waals surface area contributed by atoms with E-state index >= 15 is 0 Å². The molecule has 2 atom stereocenters. The van der Waals surface area contributed by atoms with Crippen molar-refractivity contribution in [3.8, 4) is 0 Å². The summed E-state index contributed by atoms with van der Waals surface area (Å²) in [6.45, 7) is 1.93. The summed E-state index contributed by atoms with van der Waals surface area (Å²) < 4.78 is 5.39. The average molecular weight is 127 g/mol. The number of morpholine rings is 1. The molecule has 2 rings (SSSR count). The molecule has 0 aromatic rings.